The molecule has 8 nitrogen and oxygen atoms in total. The van der Waals surface area contributed by atoms with Crippen LogP contribution in [0.2, 0.25) is 0 Å². The van der Waals surface area contributed by atoms with Crippen molar-refractivity contribution in [2.45, 2.75) is 39.0 Å². The number of nitrogens with one attached hydrogen (secondary N) is 1. The minimum atomic E-state index is -0.492. The van der Waals surface area contributed by atoms with Crippen LogP contribution in [0.25, 0.3) is 16.9 Å². The number of carbonyl (C=O) groups excluding carboxylic acids is 2. The van der Waals surface area contributed by atoms with Gasteiger partial charge in [0.05, 0.1) is 29.2 Å². The predicted octanol–water partition coefficient (Wildman–Crippen LogP) is 4.15. The summed E-state index contributed by atoms with van der Waals surface area (Å²) in [6, 6.07) is 17.2. The van der Waals surface area contributed by atoms with Gasteiger partial charge in [-0.2, -0.15) is 9.78 Å². The SMILES string of the molecule is CCOC(=O)C(CNC(=O)c1cc(C2CC2)nc2c1c(C)nn2-c1ccccn1)Cc1ccccc1. The Kier molecular flexibility index (Phi) is 6.75. The maximum absolute atomic E-state index is 13.5. The van der Waals surface area contributed by atoms with E-state index in [1.807, 2.05) is 61.5 Å². The first-order valence-electron chi connectivity index (χ1n) is 12.4. The van der Waals surface area contributed by atoms with Crippen LogP contribution in [-0.4, -0.2) is 44.8 Å². The van der Waals surface area contributed by atoms with Gasteiger partial charge in [0, 0.05) is 24.4 Å². The van der Waals surface area contributed by atoms with E-state index in [2.05, 4.69) is 15.4 Å². The highest BCUT2D eigenvalue weighted by Crippen LogP contribution is 2.40. The standard InChI is InChI=1S/C28H29N5O3/c1-3-36-28(35)21(15-19-9-5-4-6-10-19)17-30-27(34)22-16-23(20-12-13-20)31-26-25(22)18(2)32-33(26)24-11-7-8-14-29-24/h4-11,14,16,20-21H,3,12-13,15,17H2,1-2H3,(H,30,34). The largest absolute Gasteiger partial charge is 0.466 e. The molecule has 0 bridgehead atoms. The topological polar surface area (TPSA) is 99.0 Å². The molecule has 184 valence electrons. The Balaban J connectivity index is 1.46. The van der Waals surface area contributed by atoms with Crippen molar-refractivity contribution >= 4 is 22.9 Å². The molecule has 0 radical (unpaired) electrons. The quantitative estimate of drug-likeness (QED) is 0.359. The second kappa shape index (κ2) is 10.3. The number of aromatic nitrogens is 4. The molecule has 1 fully saturated rings. The summed E-state index contributed by atoms with van der Waals surface area (Å²) in [4.78, 5) is 35.5. The summed E-state index contributed by atoms with van der Waals surface area (Å²) in [6.07, 6.45) is 4.30. The van der Waals surface area contributed by atoms with Gasteiger partial charge in [-0.15, -0.1) is 0 Å². The van der Waals surface area contributed by atoms with Crippen LogP contribution in [0.5, 0.6) is 0 Å². The van der Waals surface area contributed by atoms with Gasteiger partial charge in [-0.3, -0.25) is 9.59 Å². The van der Waals surface area contributed by atoms with Gasteiger partial charge in [0.15, 0.2) is 11.5 Å². The van der Waals surface area contributed by atoms with E-state index in [0.29, 0.717) is 47.1 Å². The summed E-state index contributed by atoms with van der Waals surface area (Å²) in [7, 11) is 0. The van der Waals surface area contributed by atoms with Gasteiger partial charge in [-0.1, -0.05) is 36.4 Å². The highest BCUT2D eigenvalue weighted by molar-refractivity contribution is 6.07. The summed E-state index contributed by atoms with van der Waals surface area (Å²) in [5.74, 6) is -0.0742. The van der Waals surface area contributed by atoms with Crippen molar-refractivity contribution in [3.8, 4) is 5.82 Å². The van der Waals surface area contributed by atoms with Gasteiger partial charge in [-0.25, -0.2) is 9.97 Å². The van der Waals surface area contributed by atoms with Crippen LogP contribution in [0.1, 0.15) is 53.0 Å². The Labute approximate surface area is 209 Å². The summed E-state index contributed by atoms with van der Waals surface area (Å²) in [5.41, 5.74) is 3.73. The van der Waals surface area contributed by atoms with Crippen molar-refractivity contribution in [3.63, 3.8) is 0 Å². The first-order valence-corrected chi connectivity index (χ1v) is 12.4. The van der Waals surface area contributed by atoms with Gasteiger partial charge in [-0.05, 0) is 56.9 Å². The average Bonchev–Trinajstić information content (AvgIpc) is 3.70. The molecule has 1 saturated carbocycles. The van der Waals surface area contributed by atoms with Gasteiger partial charge < -0.3 is 10.1 Å². The number of ether oxygens (including phenoxy) is 1. The molecule has 1 aliphatic carbocycles. The Morgan fingerprint density at radius 1 is 1.14 bits per heavy atom. The van der Waals surface area contributed by atoms with Crippen molar-refractivity contribution in [1.29, 1.82) is 0 Å². The third-order valence-corrected chi connectivity index (χ3v) is 6.39. The number of benzene rings is 1. The number of hydrogen-bond donors (Lipinski definition) is 1. The Hall–Kier alpha value is -4.07. The second-order valence-electron chi connectivity index (χ2n) is 9.10. The number of amides is 1. The molecule has 1 aliphatic rings. The number of aryl methyl sites for hydroxylation is 1. The lowest BCUT2D eigenvalue weighted by molar-refractivity contribution is -0.147. The molecule has 1 N–H and O–H groups in total. The van der Waals surface area contributed by atoms with Crippen LogP contribution in [0, 0.1) is 12.8 Å². The minimum absolute atomic E-state index is 0.169. The summed E-state index contributed by atoms with van der Waals surface area (Å²) < 4.78 is 6.99. The molecule has 4 aromatic rings. The van der Waals surface area contributed by atoms with Gasteiger partial charge in [0.25, 0.3) is 5.91 Å². The van der Waals surface area contributed by atoms with Gasteiger partial charge in [0.1, 0.15) is 0 Å². The van der Waals surface area contributed by atoms with Crippen LogP contribution in [0.15, 0.2) is 60.8 Å². The number of carbonyl (C=O) groups is 2. The fraction of sp³-hybridized carbons (Fsp3) is 0.321. The fourth-order valence-corrected chi connectivity index (χ4v) is 4.42. The van der Waals surface area contributed by atoms with E-state index in [1.54, 1.807) is 17.8 Å². The van der Waals surface area contributed by atoms with Crippen molar-refractivity contribution < 1.29 is 14.3 Å². The zero-order valence-electron chi connectivity index (χ0n) is 20.5. The number of hydrogen-bond acceptors (Lipinski definition) is 6. The van der Waals surface area contributed by atoms with Crippen LogP contribution >= 0.6 is 0 Å². The van der Waals surface area contributed by atoms with Gasteiger partial charge in [0.2, 0.25) is 0 Å². The summed E-state index contributed by atoms with van der Waals surface area (Å²) in [5, 5.41) is 8.35. The Morgan fingerprint density at radius 2 is 1.92 bits per heavy atom. The molecule has 1 atom stereocenters. The molecule has 1 aromatic carbocycles. The molecule has 3 aromatic heterocycles. The number of rotatable bonds is 9. The van der Waals surface area contributed by atoms with E-state index in [1.165, 1.54) is 0 Å². The number of nitrogens with zero attached hydrogens (tertiary/aromatic N) is 4. The predicted molar refractivity (Wildman–Crippen MR) is 136 cm³/mol. The van der Waals surface area contributed by atoms with Crippen LogP contribution < -0.4 is 5.32 Å². The molecule has 5 rings (SSSR count). The number of esters is 1. The molecule has 36 heavy (non-hydrogen) atoms. The number of fused-ring (bicyclic) bond motifs is 1. The van der Waals surface area contributed by atoms with Crippen molar-refractivity contribution in [3.05, 3.63) is 83.3 Å². The highest BCUT2D eigenvalue weighted by Gasteiger charge is 2.30. The molecule has 1 amide bonds. The first kappa shape index (κ1) is 23.7. The zero-order valence-corrected chi connectivity index (χ0v) is 20.5. The lowest BCUT2D eigenvalue weighted by Gasteiger charge is -2.17. The maximum Gasteiger partial charge on any atom is 0.311 e. The lowest BCUT2D eigenvalue weighted by atomic mass is 9.99. The molecule has 8 heteroatoms. The fourth-order valence-electron chi connectivity index (χ4n) is 4.42. The zero-order chi connectivity index (χ0) is 25.1. The molecule has 1 unspecified atom stereocenters. The highest BCUT2D eigenvalue weighted by atomic mass is 16.5. The third-order valence-electron chi connectivity index (χ3n) is 6.39. The molecule has 0 saturated heterocycles. The van der Waals surface area contributed by atoms with E-state index in [9.17, 15) is 9.59 Å². The molecule has 3 heterocycles. The van der Waals surface area contributed by atoms with Crippen molar-refractivity contribution in [1.82, 2.24) is 25.1 Å². The molecule has 0 aliphatic heterocycles. The van der Waals surface area contributed by atoms with E-state index in [0.717, 1.165) is 24.1 Å². The molecular weight excluding hydrogens is 454 g/mol. The van der Waals surface area contributed by atoms with Crippen molar-refractivity contribution in [2.24, 2.45) is 5.92 Å². The van der Waals surface area contributed by atoms with Crippen LogP contribution in [0.3, 0.4) is 0 Å². The van der Waals surface area contributed by atoms with E-state index < -0.39 is 5.92 Å². The normalized spacial score (nSPS) is 13.9. The van der Waals surface area contributed by atoms with Crippen LogP contribution in [0.4, 0.5) is 0 Å². The smallest absolute Gasteiger partial charge is 0.311 e. The lowest BCUT2D eigenvalue weighted by Crippen LogP contribution is -2.35. The van der Waals surface area contributed by atoms with E-state index >= 15 is 0 Å². The first-order chi connectivity index (χ1) is 17.5. The van der Waals surface area contributed by atoms with E-state index in [-0.39, 0.29) is 18.4 Å². The number of pyridine rings is 2. The summed E-state index contributed by atoms with van der Waals surface area (Å²) >= 11 is 0. The van der Waals surface area contributed by atoms with Gasteiger partial charge >= 0.3 is 5.97 Å². The Bertz CT molecular complexity index is 1380. The maximum atomic E-state index is 13.5. The van der Waals surface area contributed by atoms with Crippen molar-refractivity contribution in [2.75, 3.05) is 13.2 Å². The third kappa shape index (κ3) is 4.98. The van der Waals surface area contributed by atoms with Crippen LogP contribution in [-0.2, 0) is 16.0 Å². The monoisotopic (exact) mass is 483 g/mol. The van der Waals surface area contributed by atoms with E-state index in [4.69, 9.17) is 9.72 Å². The molecular formula is C28H29N5O3. The second-order valence-corrected chi connectivity index (χ2v) is 9.10. The summed E-state index contributed by atoms with van der Waals surface area (Å²) in [6.45, 7) is 4.11. The molecule has 0 spiro atoms. The minimum Gasteiger partial charge on any atom is -0.466 e. The average molecular weight is 484 g/mol. The Morgan fingerprint density at radius 3 is 2.61 bits per heavy atom.